The highest BCUT2D eigenvalue weighted by Gasteiger charge is 2.30. The van der Waals surface area contributed by atoms with Gasteiger partial charge in [0.15, 0.2) is 11.6 Å². The highest BCUT2D eigenvalue weighted by Crippen LogP contribution is 2.40. The summed E-state index contributed by atoms with van der Waals surface area (Å²) in [5, 5.41) is 23.3. The van der Waals surface area contributed by atoms with E-state index >= 15 is 4.39 Å². The fourth-order valence-electron chi connectivity index (χ4n) is 4.68. The van der Waals surface area contributed by atoms with Gasteiger partial charge in [0.05, 0.1) is 30.5 Å². The molecule has 8 nitrogen and oxygen atoms in total. The van der Waals surface area contributed by atoms with Gasteiger partial charge >= 0.3 is 0 Å². The van der Waals surface area contributed by atoms with Crippen LogP contribution in [0, 0.1) is 11.6 Å². The van der Waals surface area contributed by atoms with Gasteiger partial charge in [0.25, 0.3) is 0 Å². The average molecular weight is 445 g/mol. The van der Waals surface area contributed by atoms with Gasteiger partial charge in [-0.05, 0) is 44.7 Å². The standard InChI is InChI=1S/C22H25F2N5O3/c1-10-3-4-12-13(7-14(23)19-20(12)29(10)21(27-19)11(2)30)18-15(24)8-25-22(28-18)26-16-5-6-32-9-17(16)31/h7-8,10-11,16-17,30-31H,3-6,9H2,1-2H3,(H,25,26,28)/t10-,11-,16-,17-/m1/s1. The molecule has 0 bridgehead atoms. The minimum atomic E-state index is -0.865. The van der Waals surface area contributed by atoms with Gasteiger partial charge in [-0.15, -0.1) is 0 Å². The summed E-state index contributed by atoms with van der Waals surface area (Å²) in [6, 6.07) is 0.958. The van der Waals surface area contributed by atoms with Gasteiger partial charge in [-0.1, -0.05) is 0 Å². The van der Waals surface area contributed by atoms with Crippen molar-refractivity contribution in [3.8, 4) is 11.3 Å². The lowest BCUT2D eigenvalue weighted by molar-refractivity contribution is -0.0136. The summed E-state index contributed by atoms with van der Waals surface area (Å²) in [4.78, 5) is 12.7. The summed E-state index contributed by atoms with van der Waals surface area (Å²) in [5.74, 6) is -0.717. The number of anilines is 1. The molecule has 2 aliphatic heterocycles. The van der Waals surface area contributed by atoms with Gasteiger partial charge in [0.2, 0.25) is 5.95 Å². The Labute approximate surface area is 183 Å². The fraction of sp³-hybridized carbons (Fsp3) is 0.500. The van der Waals surface area contributed by atoms with Crippen LogP contribution in [-0.2, 0) is 11.2 Å². The lowest BCUT2D eigenvalue weighted by Crippen LogP contribution is -2.42. The Hall–Kier alpha value is -2.69. The van der Waals surface area contributed by atoms with Crippen molar-refractivity contribution in [2.75, 3.05) is 18.5 Å². The van der Waals surface area contributed by atoms with Crippen LogP contribution in [0.2, 0.25) is 0 Å². The normalized spacial score (nSPS) is 24.0. The maximum absolute atomic E-state index is 15.1. The minimum Gasteiger partial charge on any atom is -0.389 e. The number of aryl methyl sites for hydroxylation is 1. The number of ether oxygens (including phenoxy) is 1. The molecular formula is C22H25F2N5O3. The van der Waals surface area contributed by atoms with Gasteiger partial charge in [-0.25, -0.2) is 23.7 Å². The van der Waals surface area contributed by atoms with Gasteiger partial charge < -0.3 is 24.8 Å². The van der Waals surface area contributed by atoms with Crippen molar-refractivity contribution in [1.29, 1.82) is 0 Å². The summed E-state index contributed by atoms with van der Waals surface area (Å²) in [6.45, 7) is 4.28. The number of benzene rings is 1. The van der Waals surface area contributed by atoms with Crippen molar-refractivity contribution in [1.82, 2.24) is 19.5 Å². The predicted molar refractivity (Wildman–Crippen MR) is 113 cm³/mol. The third kappa shape index (κ3) is 3.42. The summed E-state index contributed by atoms with van der Waals surface area (Å²) in [6.07, 6.45) is 1.35. The number of hydrogen-bond donors (Lipinski definition) is 3. The summed E-state index contributed by atoms with van der Waals surface area (Å²) in [5.41, 5.74) is 1.82. The van der Waals surface area contributed by atoms with Gasteiger partial charge in [-0.3, -0.25) is 0 Å². The van der Waals surface area contributed by atoms with E-state index in [4.69, 9.17) is 4.74 Å². The van der Waals surface area contributed by atoms with E-state index in [0.717, 1.165) is 18.2 Å². The zero-order valence-electron chi connectivity index (χ0n) is 17.8. The number of nitrogens with one attached hydrogen (secondary N) is 1. The number of imidazole rings is 1. The zero-order valence-corrected chi connectivity index (χ0v) is 17.8. The molecule has 4 atom stereocenters. The molecule has 0 spiro atoms. The van der Waals surface area contributed by atoms with Crippen molar-refractivity contribution in [3.63, 3.8) is 0 Å². The van der Waals surface area contributed by atoms with Crippen molar-refractivity contribution in [3.05, 3.63) is 35.3 Å². The molecule has 2 aliphatic rings. The van der Waals surface area contributed by atoms with Crippen LogP contribution in [0.25, 0.3) is 22.3 Å². The van der Waals surface area contributed by atoms with E-state index < -0.39 is 23.8 Å². The van der Waals surface area contributed by atoms with Crippen LogP contribution in [0.1, 0.15) is 50.2 Å². The number of aromatic nitrogens is 4. The highest BCUT2D eigenvalue weighted by molar-refractivity contribution is 5.88. The lowest BCUT2D eigenvalue weighted by atomic mass is 9.93. The molecule has 2 aromatic heterocycles. The van der Waals surface area contributed by atoms with Crippen molar-refractivity contribution in [2.24, 2.45) is 0 Å². The fourth-order valence-corrected chi connectivity index (χ4v) is 4.68. The molecule has 3 aromatic rings. The Bertz CT molecular complexity index is 1180. The predicted octanol–water partition coefficient (Wildman–Crippen LogP) is 2.89. The average Bonchev–Trinajstić information content (AvgIpc) is 3.18. The Kier molecular flexibility index (Phi) is 5.31. The molecule has 0 amide bonds. The molecule has 1 aromatic carbocycles. The molecule has 5 rings (SSSR count). The molecule has 0 saturated carbocycles. The SMILES string of the molecule is C[C@@H]1CCc2c(-c3nc(N[C@@H]4CCOC[C@H]4O)ncc3F)cc(F)c3nc([C@@H](C)O)n1c23. The third-order valence-corrected chi connectivity index (χ3v) is 6.31. The molecular weight excluding hydrogens is 420 g/mol. The first-order valence-electron chi connectivity index (χ1n) is 10.8. The molecule has 170 valence electrons. The van der Waals surface area contributed by atoms with Crippen LogP contribution in [0.4, 0.5) is 14.7 Å². The smallest absolute Gasteiger partial charge is 0.223 e. The number of rotatable bonds is 4. The van der Waals surface area contributed by atoms with Crippen LogP contribution in [0.15, 0.2) is 12.3 Å². The Morgan fingerprint density at radius 2 is 2.06 bits per heavy atom. The summed E-state index contributed by atoms with van der Waals surface area (Å²) < 4.78 is 37.1. The largest absolute Gasteiger partial charge is 0.389 e. The number of halogens is 2. The monoisotopic (exact) mass is 445 g/mol. The van der Waals surface area contributed by atoms with Gasteiger partial charge in [0.1, 0.15) is 23.1 Å². The lowest BCUT2D eigenvalue weighted by Gasteiger charge is -2.28. The zero-order chi connectivity index (χ0) is 22.6. The van der Waals surface area contributed by atoms with Crippen molar-refractivity contribution in [2.45, 2.75) is 57.4 Å². The molecule has 4 heterocycles. The first-order valence-corrected chi connectivity index (χ1v) is 10.8. The topological polar surface area (TPSA) is 105 Å². The Morgan fingerprint density at radius 1 is 1.25 bits per heavy atom. The summed E-state index contributed by atoms with van der Waals surface area (Å²) >= 11 is 0. The highest BCUT2D eigenvalue weighted by atomic mass is 19.1. The van der Waals surface area contributed by atoms with E-state index in [1.165, 1.54) is 6.07 Å². The number of hydrogen-bond acceptors (Lipinski definition) is 7. The number of aliphatic hydroxyl groups is 2. The first kappa shape index (κ1) is 21.2. The van der Waals surface area contributed by atoms with Crippen LogP contribution in [0.3, 0.4) is 0 Å². The quantitative estimate of drug-likeness (QED) is 0.567. The molecule has 10 heteroatoms. The molecule has 3 N–H and O–H groups in total. The molecule has 0 radical (unpaired) electrons. The van der Waals surface area contributed by atoms with E-state index in [9.17, 15) is 14.6 Å². The van der Waals surface area contributed by atoms with E-state index in [1.807, 2.05) is 11.5 Å². The first-order chi connectivity index (χ1) is 15.3. The van der Waals surface area contributed by atoms with Crippen LogP contribution < -0.4 is 5.32 Å². The molecule has 32 heavy (non-hydrogen) atoms. The van der Waals surface area contributed by atoms with Gasteiger partial charge in [0, 0.05) is 18.2 Å². The van der Waals surface area contributed by atoms with Crippen molar-refractivity contribution >= 4 is 17.0 Å². The Balaban J connectivity index is 1.64. The number of aliphatic hydroxyl groups excluding tert-OH is 2. The summed E-state index contributed by atoms with van der Waals surface area (Å²) in [7, 11) is 0. The van der Waals surface area contributed by atoms with Crippen LogP contribution >= 0.6 is 0 Å². The van der Waals surface area contributed by atoms with Crippen LogP contribution in [-0.4, -0.2) is 55.1 Å². The molecule has 0 unspecified atom stereocenters. The second kappa shape index (κ2) is 8.02. The Morgan fingerprint density at radius 3 is 2.81 bits per heavy atom. The molecule has 0 aliphatic carbocycles. The van der Waals surface area contributed by atoms with E-state index in [2.05, 4.69) is 20.3 Å². The second-order valence-corrected chi connectivity index (χ2v) is 8.56. The number of nitrogens with zero attached hydrogens (tertiary/aromatic N) is 4. The maximum Gasteiger partial charge on any atom is 0.223 e. The van der Waals surface area contributed by atoms with E-state index in [1.54, 1.807) is 6.92 Å². The molecule has 1 fully saturated rings. The van der Waals surface area contributed by atoms with Gasteiger partial charge in [-0.2, -0.15) is 0 Å². The maximum atomic E-state index is 15.1. The third-order valence-electron chi connectivity index (χ3n) is 6.31. The second-order valence-electron chi connectivity index (χ2n) is 8.56. The van der Waals surface area contributed by atoms with Crippen LogP contribution in [0.5, 0.6) is 0 Å². The molecule has 1 saturated heterocycles. The van der Waals surface area contributed by atoms with E-state index in [-0.39, 0.29) is 35.8 Å². The van der Waals surface area contributed by atoms with Crippen molar-refractivity contribution < 1.29 is 23.7 Å². The minimum absolute atomic E-state index is 0.0132. The van der Waals surface area contributed by atoms with E-state index in [0.29, 0.717) is 36.4 Å².